The van der Waals surface area contributed by atoms with Gasteiger partial charge in [0.2, 0.25) is 5.91 Å². The Balaban J connectivity index is 1.17. The number of fused-ring (bicyclic) bond motifs is 2. The molecule has 0 atom stereocenters. The Morgan fingerprint density at radius 3 is 2.77 bits per heavy atom. The van der Waals surface area contributed by atoms with E-state index in [1.165, 1.54) is 10.9 Å². The molecule has 3 heterocycles. The summed E-state index contributed by atoms with van der Waals surface area (Å²) in [6, 6.07) is 16.3. The number of H-pyrrole nitrogens is 1. The average molecular weight is 402 g/mol. The Morgan fingerprint density at radius 2 is 1.83 bits per heavy atom. The van der Waals surface area contributed by atoms with Crippen molar-refractivity contribution in [2.45, 2.75) is 25.7 Å². The molecule has 1 amide bonds. The van der Waals surface area contributed by atoms with Crippen LogP contribution in [0, 0.1) is 0 Å². The quantitative estimate of drug-likeness (QED) is 0.538. The maximum atomic E-state index is 12.8. The van der Waals surface area contributed by atoms with Crippen LogP contribution in [0.1, 0.15) is 24.8 Å². The van der Waals surface area contributed by atoms with Crippen LogP contribution in [0.2, 0.25) is 0 Å². The molecule has 2 aromatic heterocycles. The standard InChI is InChI=1S/C24H26N4O2/c29-23(12-5-7-18-17-25-21-10-3-1-8-19(18)21)27-13-6-14-28(16-15-27)24-20-9-2-4-11-22(20)30-26-24/h1-4,8-11,17,25H,5-7,12-16H2. The first-order chi connectivity index (χ1) is 14.8. The molecule has 1 aliphatic heterocycles. The van der Waals surface area contributed by atoms with Crippen molar-refractivity contribution >= 4 is 33.6 Å². The zero-order valence-corrected chi connectivity index (χ0v) is 17.0. The number of hydrogen-bond donors (Lipinski definition) is 1. The highest BCUT2D eigenvalue weighted by Gasteiger charge is 2.22. The summed E-state index contributed by atoms with van der Waals surface area (Å²) in [5.41, 5.74) is 3.26. The van der Waals surface area contributed by atoms with E-state index < -0.39 is 0 Å². The second kappa shape index (κ2) is 8.22. The number of carbonyl (C=O) groups excluding carboxylic acids is 1. The van der Waals surface area contributed by atoms with Crippen molar-refractivity contribution in [1.29, 1.82) is 0 Å². The number of aryl methyl sites for hydroxylation is 1. The minimum absolute atomic E-state index is 0.252. The lowest BCUT2D eigenvalue weighted by molar-refractivity contribution is -0.131. The molecule has 2 aromatic carbocycles. The van der Waals surface area contributed by atoms with Crippen molar-refractivity contribution in [3.63, 3.8) is 0 Å². The van der Waals surface area contributed by atoms with E-state index >= 15 is 0 Å². The summed E-state index contributed by atoms with van der Waals surface area (Å²) in [5, 5.41) is 6.58. The van der Waals surface area contributed by atoms with E-state index in [-0.39, 0.29) is 5.91 Å². The van der Waals surface area contributed by atoms with E-state index in [1.807, 2.05) is 35.2 Å². The molecule has 0 unspecified atom stereocenters. The lowest BCUT2D eigenvalue weighted by Gasteiger charge is -2.22. The van der Waals surface area contributed by atoms with Crippen molar-refractivity contribution in [3.05, 3.63) is 60.3 Å². The van der Waals surface area contributed by atoms with E-state index in [4.69, 9.17) is 4.52 Å². The van der Waals surface area contributed by atoms with Gasteiger partial charge in [-0.05, 0) is 43.0 Å². The van der Waals surface area contributed by atoms with Gasteiger partial charge in [0.1, 0.15) is 0 Å². The molecule has 6 nitrogen and oxygen atoms in total. The second-order valence-corrected chi connectivity index (χ2v) is 7.94. The molecule has 1 saturated heterocycles. The molecule has 154 valence electrons. The molecular formula is C24H26N4O2. The molecule has 4 aromatic rings. The van der Waals surface area contributed by atoms with Crippen LogP contribution in [0.4, 0.5) is 5.82 Å². The Bertz CT molecular complexity index is 1160. The monoisotopic (exact) mass is 402 g/mol. The summed E-state index contributed by atoms with van der Waals surface area (Å²) >= 11 is 0. The minimum Gasteiger partial charge on any atom is -0.361 e. The first-order valence-corrected chi connectivity index (χ1v) is 10.7. The highest BCUT2D eigenvalue weighted by atomic mass is 16.5. The Hall–Kier alpha value is -3.28. The average Bonchev–Trinajstić information content (AvgIpc) is 3.31. The fourth-order valence-corrected chi connectivity index (χ4v) is 4.41. The zero-order chi connectivity index (χ0) is 20.3. The van der Waals surface area contributed by atoms with Crippen molar-refractivity contribution < 1.29 is 9.32 Å². The molecule has 0 radical (unpaired) electrons. The van der Waals surface area contributed by atoms with Gasteiger partial charge in [-0.1, -0.05) is 35.5 Å². The number of nitrogens with one attached hydrogen (secondary N) is 1. The van der Waals surface area contributed by atoms with E-state index in [1.54, 1.807) is 0 Å². The predicted molar refractivity (Wildman–Crippen MR) is 119 cm³/mol. The van der Waals surface area contributed by atoms with Crippen LogP contribution in [0.3, 0.4) is 0 Å². The lowest BCUT2D eigenvalue weighted by Crippen LogP contribution is -2.35. The smallest absolute Gasteiger partial charge is 0.222 e. The van der Waals surface area contributed by atoms with Crippen molar-refractivity contribution in [3.8, 4) is 0 Å². The van der Waals surface area contributed by atoms with E-state index in [9.17, 15) is 4.79 Å². The Labute approximate surface area is 175 Å². The van der Waals surface area contributed by atoms with Gasteiger partial charge in [0.15, 0.2) is 11.4 Å². The molecule has 1 aliphatic rings. The SMILES string of the molecule is O=C(CCCc1c[nH]c2ccccc12)N1CCCN(c2noc3ccccc23)CC1. The van der Waals surface area contributed by atoms with Crippen LogP contribution in [-0.2, 0) is 11.2 Å². The van der Waals surface area contributed by atoms with Gasteiger partial charge in [0.05, 0.1) is 5.39 Å². The van der Waals surface area contributed by atoms with Crippen LogP contribution < -0.4 is 4.90 Å². The number of aromatic nitrogens is 2. The molecule has 1 fully saturated rings. The number of nitrogens with zero attached hydrogens (tertiary/aromatic N) is 3. The first kappa shape index (κ1) is 18.7. The van der Waals surface area contributed by atoms with Gasteiger partial charge in [0, 0.05) is 49.7 Å². The Kier molecular flexibility index (Phi) is 5.13. The number of carbonyl (C=O) groups is 1. The van der Waals surface area contributed by atoms with E-state index in [0.29, 0.717) is 6.42 Å². The first-order valence-electron chi connectivity index (χ1n) is 10.7. The number of hydrogen-bond acceptors (Lipinski definition) is 4. The molecule has 1 N–H and O–H groups in total. The molecule has 0 saturated carbocycles. The van der Waals surface area contributed by atoms with Gasteiger partial charge in [-0.25, -0.2) is 0 Å². The molecule has 30 heavy (non-hydrogen) atoms. The summed E-state index contributed by atoms with van der Waals surface area (Å²) in [7, 11) is 0. The number of anilines is 1. The van der Waals surface area contributed by atoms with Crippen molar-refractivity contribution in [1.82, 2.24) is 15.0 Å². The number of aromatic amines is 1. The fraction of sp³-hybridized carbons (Fsp3) is 0.333. The van der Waals surface area contributed by atoms with Gasteiger partial charge >= 0.3 is 0 Å². The third kappa shape index (κ3) is 3.65. The maximum Gasteiger partial charge on any atom is 0.222 e. The number of para-hydroxylation sites is 2. The van der Waals surface area contributed by atoms with Crippen LogP contribution in [0.5, 0.6) is 0 Å². The van der Waals surface area contributed by atoms with E-state index in [2.05, 4.69) is 39.4 Å². The molecule has 0 spiro atoms. The largest absolute Gasteiger partial charge is 0.361 e. The van der Waals surface area contributed by atoms with Crippen LogP contribution in [-0.4, -0.2) is 47.1 Å². The molecule has 0 aliphatic carbocycles. The number of rotatable bonds is 5. The van der Waals surface area contributed by atoms with Gasteiger partial charge in [0.25, 0.3) is 0 Å². The zero-order valence-electron chi connectivity index (χ0n) is 17.0. The molecule has 0 bridgehead atoms. The highest BCUT2D eigenvalue weighted by Crippen LogP contribution is 2.26. The number of amides is 1. The molecular weight excluding hydrogens is 376 g/mol. The highest BCUT2D eigenvalue weighted by molar-refractivity contribution is 5.88. The third-order valence-corrected chi connectivity index (χ3v) is 6.02. The summed E-state index contributed by atoms with van der Waals surface area (Å²) in [4.78, 5) is 20.4. The third-order valence-electron chi connectivity index (χ3n) is 6.02. The van der Waals surface area contributed by atoms with Crippen LogP contribution in [0.25, 0.3) is 21.9 Å². The summed E-state index contributed by atoms with van der Waals surface area (Å²) in [6.45, 7) is 3.20. The maximum absolute atomic E-state index is 12.8. The van der Waals surface area contributed by atoms with Crippen LogP contribution >= 0.6 is 0 Å². The predicted octanol–water partition coefficient (Wildman–Crippen LogP) is 4.37. The summed E-state index contributed by atoms with van der Waals surface area (Å²) in [6.07, 6.45) is 5.39. The normalized spacial score (nSPS) is 15.1. The van der Waals surface area contributed by atoms with Crippen molar-refractivity contribution in [2.75, 3.05) is 31.1 Å². The van der Waals surface area contributed by atoms with E-state index in [0.717, 1.165) is 67.7 Å². The topological polar surface area (TPSA) is 65.4 Å². The van der Waals surface area contributed by atoms with Gasteiger partial charge in [-0.15, -0.1) is 0 Å². The number of benzene rings is 2. The minimum atomic E-state index is 0.252. The van der Waals surface area contributed by atoms with Gasteiger partial charge in [-0.2, -0.15) is 0 Å². The summed E-state index contributed by atoms with van der Waals surface area (Å²) < 4.78 is 5.46. The fourth-order valence-electron chi connectivity index (χ4n) is 4.41. The van der Waals surface area contributed by atoms with Gasteiger partial charge < -0.3 is 19.3 Å². The summed E-state index contributed by atoms with van der Waals surface area (Å²) in [5.74, 6) is 1.14. The molecule has 6 heteroatoms. The lowest BCUT2D eigenvalue weighted by atomic mass is 10.1. The molecule has 5 rings (SSSR count). The Morgan fingerprint density at radius 1 is 1.00 bits per heavy atom. The second-order valence-electron chi connectivity index (χ2n) is 7.94. The van der Waals surface area contributed by atoms with Gasteiger partial charge in [-0.3, -0.25) is 4.79 Å². The van der Waals surface area contributed by atoms with Crippen molar-refractivity contribution in [2.24, 2.45) is 0 Å². The van der Waals surface area contributed by atoms with Crippen LogP contribution in [0.15, 0.2) is 59.3 Å².